The van der Waals surface area contributed by atoms with Gasteiger partial charge in [-0.1, -0.05) is 19.0 Å². The minimum absolute atomic E-state index is 0.247. The number of nitrogens with two attached hydrogens (primary N) is 1. The molecule has 0 saturated carbocycles. The Morgan fingerprint density at radius 3 is 2.53 bits per heavy atom. The summed E-state index contributed by atoms with van der Waals surface area (Å²) < 4.78 is 0. The molecule has 0 radical (unpaired) electrons. The zero-order valence-corrected chi connectivity index (χ0v) is 10.0. The summed E-state index contributed by atoms with van der Waals surface area (Å²) in [7, 11) is 0. The third kappa shape index (κ3) is 7.16. The van der Waals surface area contributed by atoms with Gasteiger partial charge in [-0.25, -0.2) is 0 Å². The summed E-state index contributed by atoms with van der Waals surface area (Å²) >= 11 is 0. The zero-order chi connectivity index (χ0) is 11.7. The van der Waals surface area contributed by atoms with Crippen molar-refractivity contribution < 1.29 is 5.21 Å². The first-order chi connectivity index (χ1) is 7.13. The lowest BCUT2D eigenvalue weighted by atomic mass is 10.2. The van der Waals surface area contributed by atoms with Gasteiger partial charge in [0.05, 0.1) is 0 Å². The van der Waals surface area contributed by atoms with Crippen LogP contribution in [0, 0.1) is 0 Å². The van der Waals surface area contributed by atoms with Gasteiger partial charge in [-0.2, -0.15) is 0 Å². The summed E-state index contributed by atoms with van der Waals surface area (Å²) in [4.78, 5) is 2.35. The molecule has 0 aromatic heterocycles. The van der Waals surface area contributed by atoms with Crippen LogP contribution in [0.1, 0.15) is 27.2 Å². The lowest BCUT2D eigenvalue weighted by Crippen LogP contribution is -2.37. The predicted molar refractivity (Wildman–Crippen MR) is 63.3 cm³/mol. The van der Waals surface area contributed by atoms with Gasteiger partial charge in [0.1, 0.15) is 5.84 Å². The Morgan fingerprint density at radius 1 is 1.47 bits per heavy atom. The Bertz CT molecular complexity index is 180. The van der Waals surface area contributed by atoms with Crippen LogP contribution in [0.4, 0.5) is 0 Å². The lowest BCUT2D eigenvalue weighted by Gasteiger charge is -2.20. The average molecular weight is 216 g/mol. The normalized spacial score (nSPS) is 14.5. The summed E-state index contributed by atoms with van der Waals surface area (Å²) in [5.41, 5.74) is 5.41. The molecule has 5 heteroatoms. The molecule has 15 heavy (non-hydrogen) atoms. The van der Waals surface area contributed by atoms with Crippen molar-refractivity contribution in [1.29, 1.82) is 0 Å². The van der Waals surface area contributed by atoms with Crippen LogP contribution in [-0.2, 0) is 0 Å². The van der Waals surface area contributed by atoms with Crippen LogP contribution in [0.15, 0.2) is 5.16 Å². The van der Waals surface area contributed by atoms with Crippen LogP contribution in [0.3, 0.4) is 0 Å². The lowest BCUT2D eigenvalue weighted by molar-refractivity contribution is 0.296. The molecule has 0 aliphatic carbocycles. The van der Waals surface area contributed by atoms with E-state index >= 15 is 0 Å². The van der Waals surface area contributed by atoms with Crippen molar-refractivity contribution in [3.05, 3.63) is 0 Å². The van der Waals surface area contributed by atoms with E-state index in [2.05, 4.69) is 29.2 Å². The summed E-state index contributed by atoms with van der Waals surface area (Å²) in [5.74, 6) is 0.276. The molecule has 4 N–H and O–H groups in total. The smallest absolute Gasteiger partial charge is 0.140 e. The van der Waals surface area contributed by atoms with Gasteiger partial charge in [0.25, 0.3) is 0 Å². The molecule has 0 saturated heterocycles. The van der Waals surface area contributed by atoms with Crippen LogP contribution in [-0.4, -0.2) is 48.2 Å². The van der Waals surface area contributed by atoms with Crippen molar-refractivity contribution in [2.24, 2.45) is 10.9 Å². The topological polar surface area (TPSA) is 73.9 Å². The van der Waals surface area contributed by atoms with Crippen molar-refractivity contribution in [3.8, 4) is 0 Å². The molecule has 0 amide bonds. The van der Waals surface area contributed by atoms with E-state index in [1.807, 2.05) is 6.92 Å². The van der Waals surface area contributed by atoms with E-state index in [1.165, 1.54) is 0 Å². The van der Waals surface area contributed by atoms with E-state index in [4.69, 9.17) is 10.9 Å². The van der Waals surface area contributed by atoms with Crippen molar-refractivity contribution in [2.45, 2.75) is 33.2 Å². The molecule has 1 atom stereocenters. The first kappa shape index (κ1) is 14.2. The molecule has 5 nitrogen and oxygen atoms in total. The molecule has 0 bridgehead atoms. The van der Waals surface area contributed by atoms with Gasteiger partial charge in [-0.3, -0.25) is 0 Å². The van der Waals surface area contributed by atoms with Crippen LogP contribution in [0.5, 0.6) is 0 Å². The predicted octanol–water partition coefficient (Wildman–Crippen LogP) is 0.443. The maximum absolute atomic E-state index is 8.40. The number of likely N-dealkylation sites (N-methyl/N-ethyl adjacent to an activating group) is 1. The van der Waals surface area contributed by atoms with Crippen LogP contribution in [0.25, 0.3) is 0 Å². The fourth-order valence-electron chi connectivity index (χ4n) is 1.44. The molecule has 0 aromatic rings. The van der Waals surface area contributed by atoms with Crippen molar-refractivity contribution >= 4 is 5.84 Å². The summed E-state index contributed by atoms with van der Waals surface area (Å²) in [6, 6.07) is 0.247. The molecule has 0 heterocycles. The number of amidine groups is 1. The molecule has 0 aliphatic rings. The number of nitrogens with one attached hydrogen (secondary N) is 1. The molecule has 0 aromatic carbocycles. The number of rotatable bonds is 8. The highest BCUT2D eigenvalue weighted by atomic mass is 16.4. The highest BCUT2D eigenvalue weighted by Gasteiger charge is 2.05. The number of oxime groups is 1. The van der Waals surface area contributed by atoms with E-state index in [0.717, 1.165) is 26.2 Å². The van der Waals surface area contributed by atoms with E-state index in [-0.39, 0.29) is 11.9 Å². The summed E-state index contributed by atoms with van der Waals surface area (Å²) in [6.45, 7) is 10.5. The largest absolute Gasteiger partial charge is 0.409 e. The monoisotopic (exact) mass is 216 g/mol. The van der Waals surface area contributed by atoms with E-state index in [9.17, 15) is 0 Å². The summed E-state index contributed by atoms with van der Waals surface area (Å²) in [5, 5.41) is 14.7. The Balaban J connectivity index is 3.58. The first-order valence-corrected chi connectivity index (χ1v) is 5.56. The molecular formula is C10H24N4O. The fraction of sp³-hybridized carbons (Fsp3) is 0.900. The second kappa shape index (κ2) is 8.49. The second-order valence-electron chi connectivity index (χ2n) is 3.68. The first-order valence-electron chi connectivity index (χ1n) is 5.56. The van der Waals surface area contributed by atoms with E-state index in [1.54, 1.807) is 0 Å². The van der Waals surface area contributed by atoms with Crippen molar-refractivity contribution in [1.82, 2.24) is 10.2 Å². The summed E-state index contributed by atoms with van der Waals surface area (Å²) in [6.07, 6.45) is 0.578. The third-order valence-corrected chi connectivity index (χ3v) is 2.46. The highest BCUT2D eigenvalue weighted by Crippen LogP contribution is 1.91. The number of hydrogen-bond acceptors (Lipinski definition) is 4. The zero-order valence-electron chi connectivity index (χ0n) is 10.0. The Morgan fingerprint density at radius 2 is 2.07 bits per heavy atom. The molecule has 1 unspecified atom stereocenters. The molecule has 0 aliphatic heterocycles. The molecule has 0 spiro atoms. The minimum Gasteiger partial charge on any atom is -0.409 e. The van der Waals surface area contributed by atoms with Gasteiger partial charge in [0, 0.05) is 25.6 Å². The number of nitrogens with zero attached hydrogens (tertiary/aromatic N) is 2. The molecule has 0 fully saturated rings. The third-order valence-electron chi connectivity index (χ3n) is 2.46. The number of hydrogen-bond donors (Lipinski definition) is 3. The van der Waals surface area contributed by atoms with Crippen molar-refractivity contribution in [2.75, 3.05) is 26.2 Å². The van der Waals surface area contributed by atoms with Gasteiger partial charge in [-0.15, -0.1) is 0 Å². The Hall–Kier alpha value is -0.810. The van der Waals surface area contributed by atoms with Crippen LogP contribution < -0.4 is 11.1 Å². The quantitative estimate of drug-likeness (QED) is 0.238. The Labute approximate surface area is 92.3 Å². The Kier molecular flexibility index (Phi) is 8.04. The minimum atomic E-state index is 0.247. The molecule has 90 valence electrons. The van der Waals surface area contributed by atoms with Crippen LogP contribution in [0.2, 0.25) is 0 Å². The van der Waals surface area contributed by atoms with Gasteiger partial charge >= 0.3 is 0 Å². The fourth-order valence-corrected chi connectivity index (χ4v) is 1.44. The average Bonchev–Trinajstić information content (AvgIpc) is 2.24. The standard InChI is InChI=1S/C10H24N4O/c1-4-14(5-2)7-6-12-9(3)8-10(11)13-15/h9,12,15H,4-8H2,1-3H3,(H2,11,13). The maximum atomic E-state index is 8.40. The second-order valence-corrected chi connectivity index (χ2v) is 3.68. The molecule has 0 rings (SSSR count). The van der Waals surface area contributed by atoms with Gasteiger partial charge < -0.3 is 21.2 Å². The van der Waals surface area contributed by atoms with E-state index in [0.29, 0.717) is 6.42 Å². The van der Waals surface area contributed by atoms with Gasteiger partial charge in [0.15, 0.2) is 0 Å². The maximum Gasteiger partial charge on any atom is 0.140 e. The highest BCUT2D eigenvalue weighted by molar-refractivity contribution is 5.80. The van der Waals surface area contributed by atoms with E-state index < -0.39 is 0 Å². The SMILES string of the molecule is CCN(CC)CCNC(C)CC(N)=NO. The van der Waals surface area contributed by atoms with Crippen LogP contribution >= 0.6 is 0 Å². The van der Waals surface area contributed by atoms with Crippen molar-refractivity contribution in [3.63, 3.8) is 0 Å². The molecular weight excluding hydrogens is 192 g/mol. The van der Waals surface area contributed by atoms with Gasteiger partial charge in [0.2, 0.25) is 0 Å². The van der Waals surface area contributed by atoms with Gasteiger partial charge in [-0.05, 0) is 20.0 Å².